The van der Waals surface area contributed by atoms with Gasteiger partial charge in [-0.15, -0.1) is 0 Å². The minimum atomic E-state index is -3.88. The standard InChI is InChI=1S/C8H11ClN2O4S/c1-14-7-4-6(11-16(10,12)13)8(15-2)3-5(7)9/h3-4,11H,1-2H3,(H2,10,12,13). The fourth-order valence-electron chi connectivity index (χ4n) is 1.09. The summed E-state index contributed by atoms with van der Waals surface area (Å²) in [6.45, 7) is 0. The molecule has 0 bridgehead atoms. The van der Waals surface area contributed by atoms with E-state index in [2.05, 4.69) is 4.72 Å². The van der Waals surface area contributed by atoms with Gasteiger partial charge in [0.2, 0.25) is 0 Å². The SMILES string of the molecule is COc1cc(NS(N)(=O)=O)c(OC)cc1Cl. The van der Waals surface area contributed by atoms with Gasteiger partial charge in [-0.2, -0.15) is 8.42 Å². The molecule has 0 amide bonds. The number of nitrogens with one attached hydrogen (secondary N) is 1. The number of ether oxygens (including phenoxy) is 2. The number of rotatable bonds is 4. The Balaban J connectivity index is 3.25. The summed E-state index contributed by atoms with van der Waals surface area (Å²) in [5.41, 5.74) is 0.159. The van der Waals surface area contributed by atoms with Crippen molar-refractivity contribution >= 4 is 27.5 Å². The first-order chi connectivity index (χ1) is 7.37. The third-order valence-electron chi connectivity index (χ3n) is 1.73. The predicted molar refractivity (Wildman–Crippen MR) is 61.3 cm³/mol. The van der Waals surface area contributed by atoms with Crippen molar-refractivity contribution < 1.29 is 17.9 Å². The van der Waals surface area contributed by atoms with E-state index < -0.39 is 10.2 Å². The van der Waals surface area contributed by atoms with Crippen LogP contribution in [0.4, 0.5) is 5.69 Å². The van der Waals surface area contributed by atoms with Gasteiger partial charge in [-0.3, -0.25) is 4.72 Å². The van der Waals surface area contributed by atoms with Crippen LogP contribution in [0.15, 0.2) is 12.1 Å². The monoisotopic (exact) mass is 266 g/mol. The summed E-state index contributed by atoms with van der Waals surface area (Å²) in [4.78, 5) is 0. The van der Waals surface area contributed by atoms with E-state index in [1.54, 1.807) is 0 Å². The van der Waals surface area contributed by atoms with Crippen molar-refractivity contribution in [2.75, 3.05) is 18.9 Å². The Morgan fingerprint density at radius 3 is 2.25 bits per heavy atom. The molecular formula is C8H11ClN2O4S. The maximum atomic E-state index is 10.9. The summed E-state index contributed by atoms with van der Waals surface area (Å²) in [7, 11) is -1.08. The van der Waals surface area contributed by atoms with Crippen molar-refractivity contribution in [1.29, 1.82) is 0 Å². The molecule has 16 heavy (non-hydrogen) atoms. The maximum Gasteiger partial charge on any atom is 0.296 e. The van der Waals surface area contributed by atoms with Gasteiger partial charge in [0.25, 0.3) is 10.2 Å². The molecule has 3 N–H and O–H groups in total. The van der Waals surface area contributed by atoms with E-state index in [0.29, 0.717) is 10.8 Å². The zero-order chi connectivity index (χ0) is 12.3. The predicted octanol–water partition coefficient (Wildman–Crippen LogP) is 0.973. The summed E-state index contributed by atoms with van der Waals surface area (Å²) >= 11 is 5.84. The Morgan fingerprint density at radius 2 is 1.81 bits per heavy atom. The van der Waals surface area contributed by atoms with Gasteiger partial charge >= 0.3 is 0 Å². The van der Waals surface area contributed by atoms with Crippen molar-refractivity contribution in [3.8, 4) is 11.5 Å². The first kappa shape index (κ1) is 12.9. The molecule has 0 spiro atoms. The normalized spacial score (nSPS) is 11.0. The number of halogens is 1. The molecule has 0 heterocycles. The molecule has 0 saturated carbocycles. The Labute approximate surface area is 98.5 Å². The highest BCUT2D eigenvalue weighted by molar-refractivity contribution is 7.90. The smallest absolute Gasteiger partial charge is 0.296 e. The van der Waals surface area contributed by atoms with E-state index in [1.165, 1.54) is 26.4 Å². The molecule has 0 saturated heterocycles. The van der Waals surface area contributed by atoms with E-state index in [-0.39, 0.29) is 11.4 Å². The number of hydrogen-bond acceptors (Lipinski definition) is 4. The molecule has 0 aromatic heterocycles. The van der Waals surface area contributed by atoms with Gasteiger partial charge < -0.3 is 9.47 Å². The second-order valence-electron chi connectivity index (χ2n) is 2.83. The van der Waals surface area contributed by atoms with E-state index >= 15 is 0 Å². The van der Waals surface area contributed by atoms with Crippen molar-refractivity contribution in [3.05, 3.63) is 17.2 Å². The lowest BCUT2D eigenvalue weighted by molar-refractivity contribution is 0.405. The van der Waals surface area contributed by atoms with Crippen LogP contribution in [0.2, 0.25) is 5.02 Å². The van der Waals surface area contributed by atoms with Crippen molar-refractivity contribution in [3.63, 3.8) is 0 Å². The summed E-state index contributed by atoms with van der Waals surface area (Å²) < 4.78 is 33.8. The highest BCUT2D eigenvalue weighted by Crippen LogP contribution is 2.35. The minimum Gasteiger partial charge on any atom is -0.495 e. The number of hydrogen-bond donors (Lipinski definition) is 2. The Morgan fingerprint density at radius 1 is 1.25 bits per heavy atom. The van der Waals surface area contributed by atoms with Crippen LogP contribution in [-0.4, -0.2) is 22.6 Å². The summed E-state index contributed by atoms with van der Waals surface area (Å²) in [6, 6.07) is 2.81. The lowest BCUT2D eigenvalue weighted by Gasteiger charge is -2.12. The Bertz CT molecular complexity index is 489. The minimum absolute atomic E-state index is 0.159. The van der Waals surface area contributed by atoms with Gasteiger partial charge in [0.1, 0.15) is 11.5 Å². The topological polar surface area (TPSA) is 90.6 Å². The van der Waals surface area contributed by atoms with Gasteiger partial charge in [-0.05, 0) is 0 Å². The highest BCUT2D eigenvalue weighted by Gasteiger charge is 2.13. The fourth-order valence-corrected chi connectivity index (χ4v) is 1.79. The summed E-state index contributed by atoms with van der Waals surface area (Å²) in [5.74, 6) is 0.563. The van der Waals surface area contributed by atoms with Crippen LogP contribution in [-0.2, 0) is 10.2 Å². The molecule has 0 aliphatic heterocycles. The van der Waals surface area contributed by atoms with Gasteiger partial charge in [-0.1, -0.05) is 11.6 Å². The molecule has 8 heteroatoms. The number of anilines is 1. The van der Waals surface area contributed by atoms with E-state index in [1.807, 2.05) is 0 Å². The molecule has 0 unspecified atom stereocenters. The number of methoxy groups -OCH3 is 2. The van der Waals surface area contributed by atoms with Crippen LogP contribution < -0.4 is 19.3 Å². The molecule has 1 rings (SSSR count). The number of benzene rings is 1. The lowest BCUT2D eigenvalue weighted by atomic mass is 10.3. The number of nitrogens with two attached hydrogens (primary N) is 1. The highest BCUT2D eigenvalue weighted by atomic mass is 35.5. The lowest BCUT2D eigenvalue weighted by Crippen LogP contribution is -2.22. The molecule has 0 aliphatic carbocycles. The molecule has 90 valence electrons. The fraction of sp³-hybridized carbons (Fsp3) is 0.250. The van der Waals surface area contributed by atoms with Crippen LogP contribution in [0.3, 0.4) is 0 Å². The van der Waals surface area contributed by atoms with Gasteiger partial charge in [0, 0.05) is 12.1 Å². The second-order valence-corrected chi connectivity index (χ2v) is 4.54. The molecular weight excluding hydrogens is 256 g/mol. The Kier molecular flexibility index (Phi) is 3.84. The second kappa shape index (κ2) is 4.77. The molecule has 0 atom stereocenters. The van der Waals surface area contributed by atoms with Gasteiger partial charge in [0.15, 0.2) is 0 Å². The van der Waals surface area contributed by atoms with Crippen LogP contribution in [0.1, 0.15) is 0 Å². The van der Waals surface area contributed by atoms with E-state index in [4.69, 9.17) is 26.2 Å². The van der Waals surface area contributed by atoms with Crippen LogP contribution in [0.5, 0.6) is 11.5 Å². The third kappa shape index (κ3) is 3.16. The zero-order valence-electron chi connectivity index (χ0n) is 8.65. The van der Waals surface area contributed by atoms with Crippen molar-refractivity contribution in [2.45, 2.75) is 0 Å². The third-order valence-corrected chi connectivity index (χ3v) is 2.53. The van der Waals surface area contributed by atoms with Gasteiger partial charge in [0.05, 0.1) is 24.9 Å². The molecule has 6 nitrogen and oxygen atoms in total. The summed E-state index contributed by atoms with van der Waals surface area (Å²) in [5, 5.41) is 5.16. The largest absolute Gasteiger partial charge is 0.495 e. The van der Waals surface area contributed by atoms with Crippen LogP contribution in [0.25, 0.3) is 0 Å². The molecule has 0 fully saturated rings. The molecule has 0 radical (unpaired) electrons. The van der Waals surface area contributed by atoms with Gasteiger partial charge in [-0.25, -0.2) is 5.14 Å². The first-order valence-electron chi connectivity index (χ1n) is 4.09. The van der Waals surface area contributed by atoms with Crippen LogP contribution >= 0.6 is 11.6 Å². The Hall–Kier alpha value is -1.18. The summed E-state index contributed by atoms with van der Waals surface area (Å²) in [6.07, 6.45) is 0. The van der Waals surface area contributed by atoms with Crippen molar-refractivity contribution in [1.82, 2.24) is 0 Å². The van der Waals surface area contributed by atoms with E-state index in [0.717, 1.165) is 0 Å². The van der Waals surface area contributed by atoms with Crippen LogP contribution in [0, 0.1) is 0 Å². The average molecular weight is 267 g/mol. The molecule has 0 aliphatic rings. The maximum absolute atomic E-state index is 10.9. The van der Waals surface area contributed by atoms with Crippen molar-refractivity contribution in [2.24, 2.45) is 5.14 Å². The molecule has 1 aromatic carbocycles. The first-order valence-corrected chi connectivity index (χ1v) is 6.02. The average Bonchev–Trinajstić information content (AvgIpc) is 2.18. The molecule has 1 aromatic rings. The zero-order valence-corrected chi connectivity index (χ0v) is 10.2. The van der Waals surface area contributed by atoms with E-state index in [9.17, 15) is 8.42 Å². The quantitative estimate of drug-likeness (QED) is 0.850.